The first-order chi connectivity index (χ1) is 10.4. The van der Waals surface area contributed by atoms with E-state index in [4.69, 9.17) is 0 Å². The van der Waals surface area contributed by atoms with Gasteiger partial charge in [0.05, 0.1) is 21.9 Å². The fraction of sp³-hybridized carbons (Fsp3) is 0.133. The standard InChI is InChI=1S/C15H14IN3O3/c1-18(2)14-6-4-3-5-13(14)17-15(20)11-9-10(19(21)22)7-8-12(11)16/h3-9H,1-2H3,(H,17,20). The van der Waals surface area contributed by atoms with Gasteiger partial charge in [0.2, 0.25) is 0 Å². The van der Waals surface area contributed by atoms with Crippen molar-refractivity contribution in [2.45, 2.75) is 0 Å². The first kappa shape index (κ1) is 16.2. The van der Waals surface area contributed by atoms with Crippen LogP contribution in [0.25, 0.3) is 0 Å². The number of nitrogens with zero attached hydrogens (tertiary/aromatic N) is 2. The Bertz CT molecular complexity index is 732. The zero-order valence-electron chi connectivity index (χ0n) is 12.0. The van der Waals surface area contributed by atoms with Gasteiger partial charge in [0.15, 0.2) is 0 Å². The van der Waals surface area contributed by atoms with Gasteiger partial charge in [-0.2, -0.15) is 0 Å². The Kier molecular flexibility index (Phi) is 4.96. The van der Waals surface area contributed by atoms with E-state index in [2.05, 4.69) is 5.32 Å². The minimum absolute atomic E-state index is 0.105. The molecule has 0 bridgehead atoms. The lowest BCUT2D eigenvalue weighted by Crippen LogP contribution is -2.17. The third kappa shape index (κ3) is 3.53. The molecule has 2 aromatic carbocycles. The normalized spacial score (nSPS) is 10.1. The topological polar surface area (TPSA) is 75.5 Å². The quantitative estimate of drug-likeness (QED) is 0.475. The molecule has 6 nitrogen and oxygen atoms in total. The molecule has 1 N–H and O–H groups in total. The van der Waals surface area contributed by atoms with Crippen molar-refractivity contribution in [3.63, 3.8) is 0 Å². The fourth-order valence-corrected chi connectivity index (χ4v) is 2.54. The number of nitro benzene ring substituents is 1. The molecule has 114 valence electrons. The van der Waals surface area contributed by atoms with Gasteiger partial charge in [-0.1, -0.05) is 12.1 Å². The van der Waals surface area contributed by atoms with Gasteiger partial charge in [0.25, 0.3) is 11.6 Å². The van der Waals surface area contributed by atoms with Crippen molar-refractivity contribution >= 4 is 45.6 Å². The summed E-state index contributed by atoms with van der Waals surface area (Å²) in [4.78, 5) is 24.7. The lowest BCUT2D eigenvalue weighted by Gasteiger charge is -2.17. The lowest BCUT2D eigenvalue weighted by atomic mass is 10.1. The highest BCUT2D eigenvalue weighted by Crippen LogP contribution is 2.26. The van der Waals surface area contributed by atoms with E-state index in [-0.39, 0.29) is 17.2 Å². The average Bonchev–Trinajstić information content (AvgIpc) is 2.47. The predicted molar refractivity (Wildman–Crippen MR) is 94.5 cm³/mol. The zero-order valence-corrected chi connectivity index (χ0v) is 14.2. The first-order valence-electron chi connectivity index (χ1n) is 6.42. The second-order valence-corrected chi connectivity index (χ2v) is 5.95. The Balaban J connectivity index is 2.34. The van der Waals surface area contributed by atoms with E-state index < -0.39 is 4.92 Å². The number of anilines is 2. The third-order valence-corrected chi connectivity index (χ3v) is 3.98. The van der Waals surface area contributed by atoms with Gasteiger partial charge >= 0.3 is 0 Å². The minimum atomic E-state index is -0.513. The van der Waals surface area contributed by atoms with Crippen LogP contribution in [0.5, 0.6) is 0 Å². The van der Waals surface area contributed by atoms with Crippen molar-refractivity contribution in [2.24, 2.45) is 0 Å². The Hall–Kier alpha value is -2.16. The molecule has 0 saturated carbocycles. The largest absolute Gasteiger partial charge is 0.376 e. The predicted octanol–water partition coefficient (Wildman–Crippen LogP) is 3.52. The Morgan fingerprint density at radius 2 is 1.91 bits per heavy atom. The van der Waals surface area contributed by atoms with E-state index in [1.807, 2.05) is 59.8 Å². The summed E-state index contributed by atoms with van der Waals surface area (Å²) in [6.07, 6.45) is 0. The van der Waals surface area contributed by atoms with Crippen LogP contribution in [-0.2, 0) is 0 Å². The molecule has 7 heteroatoms. The van der Waals surface area contributed by atoms with Crippen LogP contribution in [0.15, 0.2) is 42.5 Å². The molecule has 0 fully saturated rings. The Morgan fingerprint density at radius 1 is 1.23 bits per heavy atom. The summed E-state index contributed by atoms with van der Waals surface area (Å²) in [5.74, 6) is -0.373. The average molecular weight is 411 g/mol. The number of rotatable bonds is 4. The van der Waals surface area contributed by atoms with Gasteiger partial charge in [-0.05, 0) is 40.8 Å². The van der Waals surface area contributed by atoms with Crippen LogP contribution >= 0.6 is 22.6 Å². The van der Waals surface area contributed by atoms with Crippen molar-refractivity contribution in [3.8, 4) is 0 Å². The molecule has 0 aromatic heterocycles. The highest BCUT2D eigenvalue weighted by atomic mass is 127. The van der Waals surface area contributed by atoms with Gasteiger partial charge in [0, 0.05) is 29.8 Å². The van der Waals surface area contributed by atoms with Crippen molar-refractivity contribution in [1.82, 2.24) is 0 Å². The summed E-state index contributed by atoms with van der Waals surface area (Å²) >= 11 is 1.99. The van der Waals surface area contributed by atoms with Crippen LogP contribution in [0, 0.1) is 13.7 Å². The molecule has 0 heterocycles. The molecule has 1 amide bonds. The molecule has 0 spiro atoms. The lowest BCUT2D eigenvalue weighted by molar-refractivity contribution is -0.384. The number of halogens is 1. The van der Waals surface area contributed by atoms with E-state index in [1.54, 1.807) is 12.1 Å². The van der Waals surface area contributed by atoms with Crippen molar-refractivity contribution in [3.05, 3.63) is 61.7 Å². The highest BCUT2D eigenvalue weighted by Gasteiger charge is 2.16. The molecule has 0 aliphatic rings. The first-order valence-corrected chi connectivity index (χ1v) is 7.49. The molecule has 0 radical (unpaired) electrons. The molecule has 0 aliphatic heterocycles. The number of non-ortho nitro benzene ring substituents is 1. The Morgan fingerprint density at radius 3 is 2.55 bits per heavy atom. The number of carbonyl (C=O) groups is 1. The van der Waals surface area contributed by atoms with Gasteiger partial charge in [-0.3, -0.25) is 14.9 Å². The van der Waals surface area contributed by atoms with Crippen LogP contribution in [0.4, 0.5) is 17.1 Å². The molecule has 0 unspecified atom stereocenters. The second kappa shape index (κ2) is 6.73. The van der Waals surface area contributed by atoms with Crippen LogP contribution in [0.3, 0.4) is 0 Å². The number of nitro groups is 1. The zero-order chi connectivity index (χ0) is 16.3. The van der Waals surface area contributed by atoms with Gasteiger partial charge < -0.3 is 10.2 Å². The monoisotopic (exact) mass is 411 g/mol. The fourth-order valence-electron chi connectivity index (χ4n) is 1.96. The van der Waals surface area contributed by atoms with Crippen LogP contribution in [-0.4, -0.2) is 24.9 Å². The van der Waals surface area contributed by atoms with Gasteiger partial charge in [0.1, 0.15) is 0 Å². The van der Waals surface area contributed by atoms with Crippen LogP contribution in [0.1, 0.15) is 10.4 Å². The molecular weight excluding hydrogens is 397 g/mol. The van der Waals surface area contributed by atoms with Gasteiger partial charge in [-0.25, -0.2) is 0 Å². The molecule has 0 aliphatic carbocycles. The number of para-hydroxylation sites is 2. The molecule has 0 atom stereocenters. The van der Waals surface area contributed by atoms with E-state index in [1.165, 1.54) is 12.1 Å². The number of hydrogen-bond acceptors (Lipinski definition) is 4. The summed E-state index contributed by atoms with van der Waals surface area (Å²) in [5.41, 5.74) is 1.69. The van der Waals surface area contributed by atoms with Crippen LogP contribution < -0.4 is 10.2 Å². The summed E-state index contributed by atoms with van der Waals surface area (Å²) in [6, 6.07) is 11.6. The van der Waals surface area contributed by atoms with Crippen molar-refractivity contribution < 1.29 is 9.72 Å². The number of benzene rings is 2. The minimum Gasteiger partial charge on any atom is -0.376 e. The number of nitrogens with one attached hydrogen (secondary N) is 1. The summed E-state index contributed by atoms with van der Waals surface area (Å²) < 4.78 is 0.656. The number of hydrogen-bond donors (Lipinski definition) is 1. The molecule has 2 rings (SSSR count). The van der Waals surface area contributed by atoms with Crippen molar-refractivity contribution in [2.75, 3.05) is 24.3 Å². The number of amides is 1. The van der Waals surface area contributed by atoms with Crippen LogP contribution in [0.2, 0.25) is 0 Å². The maximum absolute atomic E-state index is 12.4. The maximum Gasteiger partial charge on any atom is 0.270 e. The smallest absolute Gasteiger partial charge is 0.270 e. The van der Waals surface area contributed by atoms with Gasteiger partial charge in [-0.15, -0.1) is 0 Å². The number of carbonyl (C=O) groups excluding carboxylic acids is 1. The van der Waals surface area contributed by atoms with E-state index in [0.717, 1.165) is 5.69 Å². The SMILES string of the molecule is CN(C)c1ccccc1NC(=O)c1cc([N+](=O)[O-])ccc1I. The maximum atomic E-state index is 12.4. The van der Waals surface area contributed by atoms with E-state index in [9.17, 15) is 14.9 Å². The molecular formula is C15H14IN3O3. The van der Waals surface area contributed by atoms with E-state index >= 15 is 0 Å². The van der Waals surface area contributed by atoms with E-state index in [0.29, 0.717) is 9.26 Å². The summed E-state index contributed by atoms with van der Waals surface area (Å²) in [7, 11) is 3.75. The molecule has 2 aromatic rings. The molecule has 22 heavy (non-hydrogen) atoms. The third-order valence-electron chi connectivity index (χ3n) is 3.04. The summed E-state index contributed by atoms with van der Waals surface area (Å²) in [6.45, 7) is 0. The van der Waals surface area contributed by atoms with Crippen molar-refractivity contribution in [1.29, 1.82) is 0 Å². The Labute approximate surface area is 141 Å². The molecule has 0 saturated heterocycles. The summed E-state index contributed by atoms with van der Waals surface area (Å²) in [5, 5.41) is 13.7. The highest BCUT2D eigenvalue weighted by molar-refractivity contribution is 14.1. The second-order valence-electron chi connectivity index (χ2n) is 4.79.